The summed E-state index contributed by atoms with van der Waals surface area (Å²) in [5.41, 5.74) is 0.577. The zero-order valence-electron chi connectivity index (χ0n) is 11.4. The molecule has 0 aliphatic rings. The number of carbonyl (C=O) groups is 1. The first-order valence-corrected chi connectivity index (χ1v) is 6.52. The van der Waals surface area contributed by atoms with E-state index in [9.17, 15) is 4.79 Å². The van der Waals surface area contributed by atoms with Gasteiger partial charge in [0.2, 0.25) is 5.88 Å². The van der Waals surface area contributed by atoms with Gasteiger partial charge in [0.25, 0.3) is 5.91 Å². The van der Waals surface area contributed by atoms with E-state index in [0.717, 1.165) is 25.7 Å². The summed E-state index contributed by atoms with van der Waals surface area (Å²) in [5, 5.41) is 3.05. The molecule has 4 heteroatoms. The summed E-state index contributed by atoms with van der Waals surface area (Å²) in [4.78, 5) is 16.0. The van der Waals surface area contributed by atoms with Crippen LogP contribution in [0, 0.1) is 0 Å². The quantitative estimate of drug-likeness (QED) is 0.809. The molecule has 1 N–H and O–H groups in total. The first-order chi connectivity index (χ1) is 8.71. The fourth-order valence-corrected chi connectivity index (χ4v) is 1.89. The number of nitrogens with one attached hydrogen (secondary N) is 1. The van der Waals surface area contributed by atoms with Crippen molar-refractivity contribution < 1.29 is 9.53 Å². The maximum Gasteiger partial charge on any atom is 0.253 e. The van der Waals surface area contributed by atoms with Gasteiger partial charge in [0.05, 0.1) is 12.7 Å². The van der Waals surface area contributed by atoms with Gasteiger partial charge in [-0.1, -0.05) is 26.7 Å². The first kappa shape index (κ1) is 14.5. The lowest BCUT2D eigenvalue weighted by atomic mass is 10.1. The molecular formula is C14H22N2O2. The zero-order chi connectivity index (χ0) is 13.4. The molecule has 0 aliphatic heterocycles. The van der Waals surface area contributed by atoms with Crippen molar-refractivity contribution in [3.63, 3.8) is 0 Å². The van der Waals surface area contributed by atoms with Gasteiger partial charge in [0.15, 0.2) is 0 Å². The van der Waals surface area contributed by atoms with Gasteiger partial charge in [-0.15, -0.1) is 0 Å². The number of nitrogens with zero attached hydrogens (tertiary/aromatic N) is 1. The van der Waals surface area contributed by atoms with E-state index in [1.54, 1.807) is 25.4 Å². The molecule has 1 rings (SSSR count). The Kier molecular flexibility index (Phi) is 6.19. The number of rotatable bonds is 7. The van der Waals surface area contributed by atoms with Crippen molar-refractivity contribution in [2.45, 2.75) is 45.6 Å². The van der Waals surface area contributed by atoms with Gasteiger partial charge in [-0.05, 0) is 18.9 Å². The molecule has 0 radical (unpaired) electrons. The average molecular weight is 250 g/mol. The van der Waals surface area contributed by atoms with Gasteiger partial charge >= 0.3 is 0 Å². The number of hydrogen-bond donors (Lipinski definition) is 1. The lowest BCUT2D eigenvalue weighted by Gasteiger charge is -2.17. The van der Waals surface area contributed by atoms with Crippen LogP contribution < -0.4 is 10.1 Å². The second-order valence-electron chi connectivity index (χ2n) is 4.34. The van der Waals surface area contributed by atoms with Crippen LogP contribution in [0.3, 0.4) is 0 Å². The predicted octanol–water partition coefficient (Wildman–Crippen LogP) is 2.79. The highest BCUT2D eigenvalue weighted by Gasteiger charge is 2.12. The van der Waals surface area contributed by atoms with Gasteiger partial charge in [-0.25, -0.2) is 4.98 Å². The van der Waals surface area contributed by atoms with E-state index in [2.05, 4.69) is 24.1 Å². The SMILES string of the molecule is CCCC(CCC)NC(=O)c1ccc(OC)nc1. The van der Waals surface area contributed by atoms with Crippen molar-refractivity contribution in [1.29, 1.82) is 0 Å². The minimum atomic E-state index is -0.0583. The number of hydrogen-bond acceptors (Lipinski definition) is 3. The minimum absolute atomic E-state index is 0.0583. The molecule has 1 amide bonds. The fraction of sp³-hybridized carbons (Fsp3) is 0.571. The molecule has 0 unspecified atom stereocenters. The van der Waals surface area contributed by atoms with Gasteiger partial charge < -0.3 is 10.1 Å². The van der Waals surface area contributed by atoms with E-state index in [1.165, 1.54) is 0 Å². The summed E-state index contributed by atoms with van der Waals surface area (Å²) < 4.78 is 4.96. The van der Waals surface area contributed by atoms with E-state index in [4.69, 9.17) is 4.74 Å². The summed E-state index contributed by atoms with van der Waals surface area (Å²) in [5.74, 6) is 0.460. The molecule has 0 aliphatic carbocycles. The van der Waals surface area contributed by atoms with Crippen LogP contribution in [0.4, 0.5) is 0 Å². The fourth-order valence-electron chi connectivity index (χ4n) is 1.89. The molecular weight excluding hydrogens is 228 g/mol. The second-order valence-corrected chi connectivity index (χ2v) is 4.34. The molecule has 0 aromatic carbocycles. The number of pyridine rings is 1. The molecule has 0 spiro atoms. The molecule has 1 aromatic rings. The molecule has 1 heterocycles. The molecule has 100 valence electrons. The predicted molar refractivity (Wildman–Crippen MR) is 71.9 cm³/mol. The molecule has 0 bridgehead atoms. The van der Waals surface area contributed by atoms with Crippen LogP contribution in [0.5, 0.6) is 5.88 Å². The lowest BCUT2D eigenvalue weighted by Crippen LogP contribution is -2.34. The van der Waals surface area contributed by atoms with Gasteiger partial charge in [0, 0.05) is 18.3 Å². The Bertz CT molecular complexity index is 357. The first-order valence-electron chi connectivity index (χ1n) is 6.52. The number of methoxy groups -OCH3 is 1. The van der Waals surface area contributed by atoms with Crippen LogP contribution in [0.2, 0.25) is 0 Å². The van der Waals surface area contributed by atoms with Crippen LogP contribution >= 0.6 is 0 Å². The Hall–Kier alpha value is -1.58. The Morgan fingerprint density at radius 2 is 2.00 bits per heavy atom. The van der Waals surface area contributed by atoms with Crippen molar-refractivity contribution in [3.8, 4) is 5.88 Å². The largest absolute Gasteiger partial charge is 0.481 e. The van der Waals surface area contributed by atoms with Gasteiger partial charge in [0.1, 0.15) is 0 Å². The monoisotopic (exact) mass is 250 g/mol. The molecule has 18 heavy (non-hydrogen) atoms. The number of carbonyl (C=O) groups excluding carboxylic acids is 1. The summed E-state index contributed by atoms with van der Waals surface area (Å²) in [6.07, 6.45) is 5.73. The van der Waals surface area contributed by atoms with Crippen LogP contribution in [0.25, 0.3) is 0 Å². The smallest absolute Gasteiger partial charge is 0.253 e. The van der Waals surface area contributed by atoms with Crippen LogP contribution in [0.1, 0.15) is 49.9 Å². The van der Waals surface area contributed by atoms with E-state index in [0.29, 0.717) is 11.4 Å². The van der Waals surface area contributed by atoms with Crippen molar-refractivity contribution in [2.75, 3.05) is 7.11 Å². The maximum absolute atomic E-state index is 12.0. The highest BCUT2D eigenvalue weighted by molar-refractivity contribution is 5.94. The third-order valence-corrected chi connectivity index (χ3v) is 2.82. The average Bonchev–Trinajstić information content (AvgIpc) is 2.39. The second kappa shape index (κ2) is 7.69. The van der Waals surface area contributed by atoms with Crippen molar-refractivity contribution >= 4 is 5.91 Å². The van der Waals surface area contributed by atoms with E-state index < -0.39 is 0 Å². The topological polar surface area (TPSA) is 51.2 Å². The van der Waals surface area contributed by atoms with Crippen molar-refractivity contribution in [2.24, 2.45) is 0 Å². The highest BCUT2D eigenvalue weighted by atomic mass is 16.5. The van der Waals surface area contributed by atoms with Gasteiger partial charge in [-0.2, -0.15) is 0 Å². The van der Waals surface area contributed by atoms with Crippen molar-refractivity contribution in [3.05, 3.63) is 23.9 Å². The molecule has 0 atom stereocenters. The molecule has 0 saturated carbocycles. The summed E-state index contributed by atoms with van der Waals surface area (Å²) >= 11 is 0. The van der Waals surface area contributed by atoms with Crippen LogP contribution in [-0.2, 0) is 0 Å². The normalized spacial score (nSPS) is 10.4. The standard InChI is InChI=1S/C14H22N2O2/c1-4-6-12(7-5-2)16-14(17)11-8-9-13(18-3)15-10-11/h8-10,12H,4-7H2,1-3H3,(H,16,17). The van der Waals surface area contributed by atoms with Crippen LogP contribution in [0.15, 0.2) is 18.3 Å². The molecule has 0 saturated heterocycles. The number of aromatic nitrogens is 1. The molecule has 1 aromatic heterocycles. The zero-order valence-corrected chi connectivity index (χ0v) is 11.4. The highest BCUT2D eigenvalue weighted by Crippen LogP contribution is 2.09. The Labute approximate surface area is 109 Å². The lowest BCUT2D eigenvalue weighted by molar-refractivity contribution is 0.0932. The number of ether oxygens (including phenoxy) is 1. The summed E-state index contributed by atoms with van der Waals surface area (Å²) in [7, 11) is 1.56. The van der Waals surface area contributed by atoms with E-state index in [1.807, 2.05) is 0 Å². The van der Waals surface area contributed by atoms with E-state index in [-0.39, 0.29) is 11.9 Å². The third kappa shape index (κ3) is 4.35. The Balaban J connectivity index is 2.61. The minimum Gasteiger partial charge on any atom is -0.481 e. The Morgan fingerprint density at radius 1 is 1.33 bits per heavy atom. The summed E-state index contributed by atoms with van der Waals surface area (Å²) in [6.45, 7) is 4.26. The molecule has 4 nitrogen and oxygen atoms in total. The number of amides is 1. The summed E-state index contributed by atoms with van der Waals surface area (Å²) in [6, 6.07) is 3.69. The molecule has 0 fully saturated rings. The third-order valence-electron chi connectivity index (χ3n) is 2.82. The maximum atomic E-state index is 12.0. The van der Waals surface area contributed by atoms with Gasteiger partial charge in [-0.3, -0.25) is 4.79 Å². The van der Waals surface area contributed by atoms with Crippen LogP contribution in [-0.4, -0.2) is 24.0 Å². The van der Waals surface area contributed by atoms with Crippen molar-refractivity contribution in [1.82, 2.24) is 10.3 Å². The van der Waals surface area contributed by atoms with E-state index >= 15 is 0 Å². The Morgan fingerprint density at radius 3 is 2.44 bits per heavy atom.